The predicted molar refractivity (Wildman–Crippen MR) is 103 cm³/mol. The van der Waals surface area contributed by atoms with Crippen molar-refractivity contribution in [2.45, 2.75) is 19.9 Å². The lowest BCUT2D eigenvalue weighted by molar-refractivity contribution is -0.138. The Bertz CT molecular complexity index is 892. The summed E-state index contributed by atoms with van der Waals surface area (Å²) in [5, 5.41) is 14.0. The topological polar surface area (TPSA) is 114 Å². The second kappa shape index (κ2) is 8.90. The zero-order valence-electron chi connectivity index (χ0n) is 16.0. The van der Waals surface area contributed by atoms with E-state index in [2.05, 4.69) is 10.6 Å². The molecular formula is C20H22N2O6. The molecule has 2 amide bonds. The highest BCUT2D eigenvalue weighted by atomic mass is 16.5. The highest BCUT2D eigenvalue weighted by Gasteiger charge is 2.17. The molecule has 8 nitrogen and oxygen atoms in total. The van der Waals surface area contributed by atoms with Crippen molar-refractivity contribution >= 4 is 23.5 Å². The van der Waals surface area contributed by atoms with Crippen molar-refractivity contribution in [1.29, 1.82) is 0 Å². The molecule has 2 aromatic carbocycles. The van der Waals surface area contributed by atoms with E-state index in [1.807, 2.05) is 0 Å². The quantitative estimate of drug-likeness (QED) is 0.674. The molecule has 0 bridgehead atoms. The largest absolute Gasteiger partial charge is 0.493 e. The maximum atomic E-state index is 12.6. The second-order valence-electron chi connectivity index (χ2n) is 6.09. The summed E-state index contributed by atoms with van der Waals surface area (Å²) in [4.78, 5) is 35.4. The summed E-state index contributed by atoms with van der Waals surface area (Å²) < 4.78 is 10.4. The van der Waals surface area contributed by atoms with Crippen LogP contribution in [-0.2, 0) is 4.79 Å². The van der Waals surface area contributed by atoms with Crippen LogP contribution in [0.3, 0.4) is 0 Å². The highest BCUT2D eigenvalue weighted by molar-refractivity contribution is 6.06. The average molecular weight is 386 g/mol. The van der Waals surface area contributed by atoms with Gasteiger partial charge in [0.1, 0.15) is 6.04 Å². The molecule has 1 atom stereocenters. The third-order valence-electron chi connectivity index (χ3n) is 4.10. The van der Waals surface area contributed by atoms with Crippen LogP contribution in [0, 0.1) is 6.92 Å². The van der Waals surface area contributed by atoms with Crippen molar-refractivity contribution in [1.82, 2.24) is 5.32 Å². The molecule has 0 aliphatic carbocycles. The number of hydrogen-bond donors (Lipinski definition) is 3. The van der Waals surface area contributed by atoms with Crippen molar-refractivity contribution in [2.24, 2.45) is 0 Å². The van der Waals surface area contributed by atoms with E-state index in [0.29, 0.717) is 28.3 Å². The standard InChI is InChI=1S/C20H22N2O6/c1-11-9-16(27-3)17(28-4)10-15(11)19(24)22-14-7-5-13(6-8-14)18(23)21-12(2)20(25)26/h5-10,12H,1-4H3,(H,21,23)(H,22,24)(H,25,26). The normalized spacial score (nSPS) is 11.3. The van der Waals surface area contributed by atoms with Crippen molar-refractivity contribution in [3.63, 3.8) is 0 Å². The maximum absolute atomic E-state index is 12.6. The molecule has 1 unspecified atom stereocenters. The minimum absolute atomic E-state index is 0.286. The molecule has 28 heavy (non-hydrogen) atoms. The number of carbonyl (C=O) groups is 3. The van der Waals surface area contributed by atoms with E-state index in [1.54, 1.807) is 31.2 Å². The van der Waals surface area contributed by atoms with Crippen LogP contribution in [0.1, 0.15) is 33.2 Å². The Kier molecular flexibility index (Phi) is 6.59. The van der Waals surface area contributed by atoms with Crippen LogP contribution in [0.15, 0.2) is 36.4 Å². The van der Waals surface area contributed by atoms with Crippen LogP contribution >= 0.6 is 0 Å². The molecule has 0 radical (unpaired) electrons. The van der Waals surface area contributed by atoms with Gasteiger partial charge in [-0.05, 0) is 55.8 Å². The van der Waals surface area contributed by atoms with Crippen LogP contribution in [0.5, 0.6) is 11.5 Å². The van der Waals surface area contributed by atoms with Gasteiger partial charge in [-0.3, -0.25) is 14.4 Å². The van der Waals surface area contributed by atoms with E-state index in [4.69, 9.17) is 14.6 Å². The van der Waals surface area contributed by atoms with E-state index in [9.17, 15) is 14.4 Å². The van der Waals surface area contributed by atoms with Gasteiger partial charge >= 0.3 is 5.97 Å². The lowest BCUT2D eigenvalue weighted by Crippen LogP contribution is -2.38. The Morgan fingerprint density at radius 3 is 2.07 bits per heavy atom. The molecule has 0 aromatic heterocycles. The summed E-state index contributed by atoms with van der Waals surface area (Å²) >= 11 is 0. The molecular weight excluding hydrogens is 364 g/mol. The van der Waals surface area contributed by atoms with E-state index < -0.39 is 17.9 Å². The first-order chi connectivity index (χ1) is 13.3. The molecule has 148 valence electrons. The molecule has 0 spiro atoms. The number of aliphatic carboxylic acids is 1. The minimum Gasteiger partial charge on any atom is -0.493 e. The number of carboxylic acids is 1. The van der Waals surface area contributed by atoms with Crippen molar-refractivity contribution < 1.29 is 29.0 Å². The van der Waals surface area contributed by atoms with Crippen LogP contribution in [-0.4, -0.2) is 43.2 Å². The van der Waals surface area contributed by atoms with E-state index in [-0.39, 0.29) is 11.5 Å². The van der Waals surface area contributed by atoms with Gasteiger partial charge in [0.15, 0.2) is 11.5 Å². The number of nitrogens with one attached hydrogen (secondary N) is 2. The Labute approximate surface area is 162 Å². The molecule has 2 rings (SSSR count). The van der Waals surface area contributed by atoms with Crippen molar-refractivity contribution in [2.75, 3.05) is 19.5 Å². The number of aryl methyl sites for hydroxylation is 1. The Morgan fingerprint density at radius 1 is 0.964 bits per heavy atom. The summed E-state index contributed by atoms with van der Waals surface area (Å²) in [6.07, 6.45) is 0. The molecule has 2 aromatic rings. The monoisotopic (exact) mass is 386 g/mol. The first-order valence-electron chi connectivity index (χ1n) is 8.44. The van der Waals surface area contributed by atoms with Crippen molar-refractivity contribution in [3.8, 4) is 11.5 Å². The maximum Gasteiger partial charge on any atom is 0.325 e. The first kappa shape index (κ1) is 20.8. The summed E-state index contributed by atoms with van der Waals surface area (Å²) in [7, 11) is 3.01. The molecule has 0 saturated heterocycles. The fourth-order valence-corrected chi connectivity index (χ4v) is 2.47. The van der Waals surface area contributed by atoms with Crippen molar-refractivity contribution in [3.05, 3.63) is 53.1 Å². The summed E-state index contributed by atoms with van der Waals surface area (Å²) in [6, 6.07) is 8.44. The Balaban J connectivity index is 2.13. The predicted octanol–water partition coefficient (Wildman–Crippen LogP) is 2.47. The van der Waals surface area contributed by atoms with Gasteiger partial charge in [-0.15, -0.1) is 0 Å². The number of anilines is 1. The third kappa shape index (κ3) is 4.79. The fourth-order valence-electron chi connectivity index (χ4n) is 2.47. The fraction of sp³-hybridized carbons (Fsp3) is 0.250. The molecule has 0 aliphatic heterocycles. The van der Waals surface area contributed by atoms with E-state index >= 15 is 0 Å². The number of benzene rings is 2. The van der Waals surface area contributed by atoms with Gasteiger partial charge in [-0.1, -0.05) is 0 Å². The molecule has 0 heterocycles. The van der Waals surface area contributed by atoms with Crippen LogP contribution in [0.2, 0.25) is 0 Å². The van der Waals surface area contributed by atoms with Crippen LogP contribution in [0.25, 0.3) is 0 Å². The van der Waals surface area contributed by atoms with E-state index in [0.717, 1.165) is 0 Å². The summed E-state index contributed by atoms with van der Waals surface area (Å²) in [5.74, 6) is -0.999. The van der Waals surface area contributed by atoms with Crippen LogP contribution in [0.4, 0.5) is 5.69 Å². The van der Waals surface area contributed by atoms with Gasteiger partial charge in [0.2, 0.25) is 0 Å². The zero-order valence-corrected chi connectivity index (χ0v) is 16.0. The lowest BCUT2D eigenvalue weighted by Gasteiger charge is -2.13. The number of methoxy groups -OCH3 is 2. The Morgan fingerprint density at radius 2 is 1.54 bits per heavy atom. The lowest BCUT2D eigenvalue weighted by atomic mass is 10.1. The smallest absolute Gasteiger partial charge is 0.325 e. The number of rotatable bonds is 7. The molecule has 0 aliphatic rings. The zero-order chi connectivity index (χ0) is 20.8. The number of hydrogen-bond acceptors (Lipinski definition) is 5. The Hall–Kier alpha value is -3.55. The van der Waals surface area contributed by atoms with Gasteiger partial charge in [-0.2, -0.15) is 0 Å². The van der Waals surface area contributed by atoms with E-state index in [1.165, 1.54) is 33.3 Å². The molecule has 0 saturated carbocycles. The van der Waals surface area contributed by atoms with Crippen LogP contribution < -0.4 is 20.1 Å². The highest BCUT2D eigenvalue weighted by Crippen LogP contribution is 2.30. The minimum atomic E-state index is -1.12. The van der Waals surface area contributed by atoms with Gasteiger partial charge in [0, 0.05) is 16.8 Å². The number of carbonyl (C=O) groups excluding carboxylic acids is 2. The summed E-state index contributed by atoms with van der Waals surface area (Å²) in [6.45, 7) is 3.16. The van der Waals surface area contributed by atoms with Gasteiger partial charge in [-0.25, -0.2) is 0 Å². The second-order valence-corrected chi connectivity index (χ2v) is 6.09. The molecule has 8 heteroatoms. The SMILES string of the molecule is COc1cc(C)c(C(=O)Nc2ccc(C(=O)NC(C)C(=O)O)cc2)cc1OC. The number of carboxylic acid groups (broad SMARTS) is 1. The summed E-state index contributed by atoms with van der Waals surface area (Å²) in [5.41, 5.74) is 1.92. The first-order valence-corrected chi connectivity index (χ1v) is 8.44. The average Bonchev–Trinajstić information content (AvgIpc) is 2.67. The third-order valence-corrected chi connectivity index (χ3v) is 4.10. The molecule has 0 fully saturated rings. The van der Waals surface area contributed by atoms with Gasteiger partial charge < -0.3 is 25.2 Å². The van der Waals surface area contributed by atoms with Gasteiger partial charge in [0.25, 0.3) is 11.8 Å². The number of ether oxygens (including phenoxy) is 2. The molecule has 3 N–H and O–H groups in total. The number of amides is 2. The van der Waals surface area contributed by atoms with Gasteiger partial charge in [0.05, 0.1) is 14.2 Å².